The van der Waals surface area contributed by atoms with E-state index in [0.717, 1.165) is 5.01 Å². The highest BCUT2D eigenvalue weighted by Crippen LogP contribution is 2.23. The molecule has 2 aromatic carbocycles. The molecule has 1 amide bonds. The third-order valence-electron chi connectivity index (χ3n) is 3.84. The lowest BCUT2D eigenvalue weighted by molar-refractivity contribution is 0.102. The Morgan fingerprint density at radius 2 is 1.79 bits per heavy atom. The zero-order valence-electron chi connectivity index (χ0n) is 15.9. The zero-order valence-corrected chi connectivity index (χ0v) is 17.5. The highest BCUT2D eigenvalue weighted by Gasteiger charge is 2.17. The van der Waals surface area contributed by atoms with Gasteiger partial charge in [0, 0.05) is 5.69 Å². The Morgan fingerprint density at radius 1 is 1.07 bits per heavy atom. The molecule has 3 aromatic rings. The molecule has 2 N–H and O–H groups in total. The van der Waals surface area contributed by atoms with Gasteiger partial charge in [0.15, 0.2) is 0 Å². The first-order valence-electron chi connectivity index (χ1n) is 8.91. The van der Waals surface area contributed by atoms with Gasteiger partial charge in [0.05, 0.1) is 17.1 Å². The fraction of sp³-hybridized carbons (Fsp3) is 0.211. The standard InChI is InChI=1S/C19H20N4O4S2/c1-3-17-21-22-19(28-17)23-29(25,26)14-11-9-13(10-12-14)20-18(24)15-7-5-6-8-16(15)27-4-2/h5-12H,3-4H2,1-2H3,(H,20,24)(H,22,23). The molecule has 0 aliphatic carbocycles. The minimum Gasteiger partial charge on any atom is -0.493 e. The van der Waals surface area contributed by atoms with Gasteiger partial charge in [0.2, 0.25) is 5.13 Å². The number of aromatic nitrogens is 2. The van der Waals surface area contributed by atoms with Crippen LogP contribution < -0.4 is 14.8 Å². The largest absolute Gasteiger partial charge is 0.493 e. The van der Waals surface area contributed by atoms with Crippen LogP contribution >= 0.6 is 11.3 Å². The average molecular weight is 433 g/mol. The predicted octanol–water partition coefficient (Wildman–Crippen LogP) is 3.55. The maximum atomic E-state index is 12.5. The molecule has 0 radical (unpaired) electrons. The van der Waals surface area contributed by atoms with Crippen molar-refractivity contribution in [3.05, 3.63) is 59.1 Å². The lowest BCUT2D eigenvalue weighted by atomic mass is 10.2. The Morgan fingerprint density at radius 3 is 2.45 bits per heavy atom. The maximum absolute atomic E-state index is 12.5. The lowest BCUT2D eigenvalue weighted by Crippen LogP contribution is -2.15. The molecule has 152 valence electrons. The molecular formula is C19H20N4O4S2. The first kappa shape index (κ1) is 20.7. The van der Waals surface area contributed by atoms with E-state index in [4.69, 9.17) is 4.74 Å². The molecule has 10 heteroatoms. The van der Waals surface area contributed by atoms with Crippen molar-refractivity contribution in [1.29, 1.82) is 0 Å². The lowest BCUT2D eigenvalue weighted by Gasteiger charge is -2.11. The average Bonchev–Trinajstić information content (AvgIpc) is 3.16. The molecule has 0 fully saturated rings. The number of amides is 1. The number of hydrogen-bond acceptors (Lipinski definition) is 7. The first-order valence-corrected chi connectivity index (χ1v) is 11.2. The number of nitrogens with one attached hydrogen (secondary N) is 2. The molecule has 0 spiro atoms. The summed E-state index contributed by atoms with van der Waals surface area (Å²) in [4.78, 5) is 12.6. The van der Waals surface area contributed by atoms with Gasteiger partial charge < -0.3 is 10.1 Å². The quantitative estimate of drug-likeness (QED) is 0.563. The monoisotopic (exact) mass is 432 g/mol. The molecule has 0 bridgehead atoms. The van der Waals surface area contributed by atoms with Crippen molar-refractivity contribution in [2.24, 2.45) is 0 Å². The van der Waals surface area contributed by atoms with E-state index in [1.807, 2.05) is 13.8 Å². The number of hydrogen-bond donors (Lipinski definition) is 2. The summed E-state index contributed by atoms with van der Waals surface area (Å²) in [6.07, 6.45) is 0.681. The van der Waals surface area contributed by atoms with Gasteiger partial charge in [-0.05, 0) is 49.7 Å². The summed E-state index contributed by atoms with van der Waals surface area (Å²) in [7, 11) is -3.79. The number of aryl methyl sites for hydroxylation is 1. The van der Waals surface area contributed by atoms with Crippen molar-refractivity contribution in [3.63, 3.8) is 0 Å². The number of rotatable bonds is 8. The van der Waals surface area contributed by atoms with Gasteiger partial charge in [-0.3, -0.25) is 9.52 Å². The van der Waals surface area contributed by atoms with Crippen molar-refractivity contribution < 1.29 is 17.9 Å². The first-order chi connectivity index (χ1) is 13.9. The predicted molar refractivity (Wildman–Crippen MR) is 112 cm³/mol. The molecule has 0 saturated heterocycles. The zero-order chi connectivity index (χ0) is 20.9. The second kappa shape index (κ2) is 9.01. The van der Waals surface area contributed by atoms with Crippen molar-refractivity contribution in [1.82, 2.24) is 10.2 Å². The van der Waals surface area contributed by atoms with Crippen molar-refractivity contribution in [3.8, 4) is 5.75 Å². The highest BCUT2D eigenvalue weighted by atomic mass is 32.2. The van der Waals surface area contributed by atoms with E-state index in [1.54, 1.807) is 24.3 Å². The molecule has 0 aliphatic rings. The van der Waals surface area contributed by atoms with Crippen LogP contribution in [0.25, 0.3) is 0 Å². The van der Waals surface area contributed by atoms with E-state index < -0.39 is 10.0 Å². The van der Waals surface area contributed by atoms with E-state index >= 15 is 0 Å². The van der Waals surface area contributed by atoms with Crippen LogP contribution in [0.2, 0.25) is 0 Å². The van der Waals surface area contributed by atoms with E-state index in [-0.39, 0.29) is 15.9 Å². The van der Waals surface area contributed by atoms with Crippen LogP contribution in [0.1, 0.15) is 29.2 Å². The Balaban J connectivity index is 1.72. The van der Waals surface area contributed by atoms with Crippen molar-refractivity contribution in [2.75, 3.05) is 16.6 Å². The van der Waals surface area contributed by atoms with Crippen LogP contribution in [0.15, 0.2) is 53.4 Å². The van der Waals surface area contributed by atoms with E-state index in [2.05, 4.69) is 20.2 Å². The summed E-state index contributed by atoms with van der Waals surface area (Å²) in [5.41, 5.74) is 0.861. The van der Waals surface area contributed by atoms with E-state index in [1.165, 1.54) is 35.6 Å². The van der Waals surface area contributed by atoms with E-state index in [9.17, 15) is 13.2 Å². The molecule has 0 atom stereocenters. The summed E-state index contributed by atoms with van der Waals surface area (Å²) in [6, 6.07) is 12.8. The number of benzene rings is 2. The van der Waals surface area contributed by atoms with Crippen LogP contribution in [0.3, 0.4) is 0 Å². The number of para-hydroxylation sites is 1. The molecule has 1 aromatic heterocycles. The normalized spacial score (nSPS) is 11.1. The number of sulfonamides is 1. The third-order valence-corrected chi connectivity index (χ3v) is 6.31. The maximum Gasteiger partial charge on any atom is 0.263 e. The number of nitrogens with zero attached hydrogens (tertiary/aromatic N) is 2. The Bertz CT molecular complexity index is 1100. The van der Waals surface area contributed by atoms with Crippen LogP contribution in [0, 0.1) is 0 Å². The summed E-state index contributed by atoms with van der Waals surface area (Å²) >= 11 is 1.19. The second-order valence-electron chi connectivity index (χ2n) is 5.87. The van der Waals surface area contributed by atoms with Gasteiger partial charge in [0.1, 0.15) is 10.8 Å². The Kier molecular flexibility index (Phi) is 6.45. The molecule has 0 aliphatic heterocycles. The van der Waals surface area contributed by atoms with Gasteiger partial charge in [-0.2, -0.15) is 0 Å². The Labute approximate surface area is 173 Å². The molecule has 0 unspecified atom stereocenters. The summed E-state index contributed by atoms with van der Waals surface area (Å²) in [5.74, 6) is 0.142. The van der Waals surface area contributed by atoms with Crippen LogP contribution in [0.5, 0.6) is 5.75 Å². The van der Waals surface area contributed by atoms with Crippen molar-refractivity contribution >= 4 is 38.1 Å². The number of carbonyl (C=O) groups excluding carboxylic acids is 1. The van der Waals surface area contributed by atoms with Gasteiger partial charge in [-0.25, -0.2) is 8.42 Å². The van der Waals surface area contributed by atoms with Gasteiger partial charge in [-0.1, -0.05) is 30.4 Å². The van der Waals surface area contributed by atoms with Crippen LogP contribution in [0.4, 0.5) is 10.8 Å². The van der Waals surface area contributed by atoms with Gasteiger partial charge >= 0.3 is 0 Å². The smallest absolute Gasteiger partial charge is 0.263 e. The molecule has 29 heavy (non-hydrogen) atoms. The molecule has 3 rings (SSSR count). The minimum absolute atomic E-state index is 0.0541. The minimum atomic E-state index is -3.79. The molecule has 0 saturated carbocycles. The fourth-order valence-corrected chi connectivity index (χ4v) is 4.37. The second-order valence-corrected chi connectivity index (χ2v) is 8.61. The molecule has 1 heterocycles. The highest BCUT2D eigenvalue weighted by molar-refractivity contribution is 7.93. The Hall–Kier alpha value is -2.98. The third kappa shape index (κ3) is 5.09. The number of carbonyl (C=O) groups is 1. The molecular weight excluding hydrogens is 412 g/mol. The summed E-state index contributed by atoms with van der Waals surface area (Å²) < 4.78 is 32.9. The molecule has 8 nitrogen and oxygen atoms in total. The number of ether oxygens (including phenoxy) is 1. The van der Waals surface area contributed by atoms with Crippen LogP contribution in [-0.2, 0) is 16.4 Å². The summed E-state index contributed by atoms with van der Waals surface area (Å²) in [5, 5.41) is 11.4. The fourth-order valence-electron chi connectivity index (χ4n) is 2.46. The van der Waals surface area contributed by atoms with Gasteiger partial charge in [0.25, 0.3) is 15.9 Å². The summed E-state index contributed by atoms with van der Waals surface area (Å²) in [6.45, 7) is 4.20. The number of anilines is 2. The van der Waals surface area contributed by atoms with Crippen LogP contribution in [-0.4, -0.2) is 31.1 Å². The topological polar surface area (TPSA) is 110 Å². The van der Waals surface area contributed by atoms with Crippen molar-refractivity contribution in [2.45, 2.75) is 25.2 Å². The SMILES string of the molecule is CCOc1ccccc1C(=O)Nc1ccc(S(=O)(=O)Nc2nnc(CC)s2)cc1. The van der Waals surface area contributed by atoms with E-state index in [0.29, 0.717) is 30.0 Å². The van der Waals surface area contributed by atoms with Gasteiger partial charge in [-0.15, -0.1) is 10.2 Å².